The van der Waals surface area contributed by atoms with Gasteiger partial charge in [-0.15, -0.1) is 0 Å². The van der Waals surface area contributed by atoms with Crippen LogP contribution in [0.25, 0.3) is 0 Å². The normalized spacial score (nSPS) is 12.8. The van der Waals surface area contributed by atoms with Crippen LogP contribution < -0.4 is 5.32 Å². The molecule has 0 aromatic carbocycles. The predicted octanol–water partition coefficient (Wildman–Crippen LogP) is 1.55. The highest BCUT2D eigenvalue weighted by Gasteiger charge is 2.27. The van der Waals surface area contributed by atoms with E-state index in [0.29, 0.717) is 18.1 Å². The van der Waals surface area contributed by atoms with E-state index in [1.54, 1.807) is 11.6 Å². The molecular weight excluding hydrogens is 236 g/mol. The fourth-order valence-electron chi connectivity index (χ4n) is 1.76. The number of nitro groups is 1. The minimum Gasteiger partial charge on any atom is -0.394 e. The third-order valence-electron chi connectivity index (χ3n) is 2.90. The molecule has 1 rings (SSSR count). The van der Waals surface area contributed by atoms with Crippen molar-refractivity contribution in [2.24, 2.45) is 5.92 Å². The molecule has 1 aromatic heterocycles. The Hall–Kier alpha value is -1.63. The van der Waals surface area contributed by atoms with Gasteiger partial charge in [-0.3, -0.25) is 10.1 Å². The first kappa shape index (κ1) is 14.4. The molecule has 0 amide bonds. The largest absolute Gasteiger partial charge is 0.394 e. The molecule has 1 heterocycles. The first-order chi connectivity index (χ1) is 8.42. The lowest BCUT2D eigenvalue weighted by atomic mass is 10.1. The zero-order chi connectivity index (χ0) is 13.9. The molecule has 0 fully saturated rings. The van der Waals surface area contributed by atoms with E-state index in [4.69, 9.17) is 0 Å². The zero-order valence-corrected chi connectivity index (χ0v) is 11.2. The number of aliphatic hydroxyl groups is 1. The van der Waals surface area contributed by atoms with E-state index in [1.807, 2.05) is 20.8 Å². The fourth-order valence-corrected chi connectivity index (χ4v) is 1.76. The Morgan fingerprint density at radius 1 is 1.56 bits per heavy atom. The van der Waals surface area contributed by atoms with Gasteiger partial charge in [0, 0.05) is 6.54 Å². The second-order valence-electron chi connectivity index (χ2n) is 4.53. The van der Waals surface area contributed by atoms with E-state index in [1.165, 1.54) is 0 Å². The number of hydrogen-bond acceptors (Lipinski definition) is 5. The van der Waals surface area contributed by atoms with E-state index in [2.05, 4.69) is 10.4 Å². The summed E-state index contributed by atoms with van der Waals surface area (Å²) < 4.78 is 1.55. The number of nitrogens with zero attached hydrogens (tertiary/aromatic N) is 3. The summed E-state index contributed by atoms with van der Waals surface area (Å²) in [6.45, 7) is 7.82. The Morgan fingerprint density at radius 3 is 2.56 bits per heavy atom. The number of hydrogen-bond donors (Lipinski definition) is 2. The van der Waals surface area contributed by atoms with E-state index < -0.39 is 4.92 Å². The van der Waals surface area contributed by atoms with Gasteiger partial charge in [0.2, 0.25) is 5.82 Å². The highest BCUT2D eigenvalue weighted by Crippen LogP contribution is 2.29. The maximum atomic E-state index is 11.1. The van der Waals surface area contributed by atoms with Crippen LogP contribution in [0.15, 0.2) is 0 Å². The van der Waals surface area contributed by atoms with Gasteiger partial charge in [-0.1, -0.05) is 13.8 Å². The number of nitrogens with one attached hydrogen (secondary N) is 1. The summed E-state index contributed by atoms with van der Waals surface area (Å²) in [5, 5.41) is 27.5. The van der Waals surface area contributed by atoms with Gasteiger partial charge in [0.1, 0.15) is 5.69 Å². The molecule has 7 heteroatoms. The van der Waals surface area contributed by atoms with E-state index in [9.17, 15) is 15.2 Å². The summed E-state index contributed by atoms with van der Waals surface area (Å²) in [4.78, 5) is 10.6. The van der Waals surface area contributed by atoms with Crippen LogP contribution in [0.4, 0.5) is 11.5 Å². The molecule has 0 aliphatic carbocycles. The van der Waals surface area contributed by atoms with Gasteiger partial charge < -0.3 is 10.4 Å². The van der Waals surface area contributed by atoms with E-state index in [0.717, 1.165) is 0 Å². The van der Waals surface area contributed by atoms with Crippen molar-refractivity contribution < 1.29 is 10.0 Å². The average molecular weight is 256 g/mol. The molecule has 0 radical (unpaired) electrons. The molecule has 102 valence electrons. The molecule has 18 heavy (non-hydrogen) atoms. The smallest absolute Gasteiger partial charge is 0.333 e. The Labute approximate surface area is 106 Å². The quantitative estimate of drug-likeness (QED) is 0.595. The summed E-state index contributed by atoms with van der Waals surface area (Å²) in [5.41, 5.74) is 0.362. The van der Waals surface area contributed by atoms with Gasteiger partial charge in [0.15, 0.2) is 0 Å². The van der Waals surface area contributed by atoms with Gasteiger partial charge in [0.05, 0.1) is 17.6 Å². The molecule has 0 saturated carbocycles. The summed E-state index contributed by atoms with van der Waals surface area (Å²) in [5.74, 6) is 0.530. The minimum atomic E-state index is -0.439. The Morgan fingerprint density at radius 2 is 2.17 bits per heavy atom. The van der Waals surface area contributed by atoms with Crippen molar-refractivity contribution in [2.45, 2.75) is 40.3 Å². The third-order valence-corrected chi connectivity index (χ3v) is 2.90. The second-order valence-corrected chi connectivity index (χ2v) is 4.53. The monoisotopic (exact) mass is 256 g/mol. The van der Waals surface area contributed by atoms with Crippen LogP contribution in [0.5, 0.6) is 0 Å². The summed E-state index contributed by atoms with van der Waals surface area (Å²) in [6, 6.07) is -0.231. The van der Waals surface area contributed by atoms with Crippen LogP contribution in [0, 0.1) is 23.0 Å². The van der Waals surface area contributed by atoms with Crippen molar-refractivity contribution in [2.75, 3.05) is 11.9 Å². The zero-order valence-electron chi connectivity index (χ0n) is 11.2. The molecule has 1 unspecified atom stereocenters. The highest BCUT2D eigenvalue weighted by molar-refractivity contribution is 5.60. The van der Waals surface area contributed by atoms with Crippen LogP contribution in [0.1, 0.15) is 26.5 Å². The van der Waals surface area contributed by atoms with Gasteiger partial charge >= 0.3 is 5.69 Å². The molecule has 7 nitrogen and oxygen atoms in total. The average Bonchev–Trinajstić information content (AvgIpc) is 2.61. The number of aryl methyl sites for hydroxylation is 2. The summed E-state index contributed by atoms with van der Waals surface area (Å²) >= 11 is 0. The molecule has 0 bridgehead atoms. The molecule has 0 aliphatic rings. The van der Waals surface area contributed by atoms with Crippen molar-refractivity contribution in [1.82, 2.24) is 9.78 Å². The van der Waals surface area contributed by atoms with Crippen LogP contribution in [-0.4, -0.2) is 32.5 Å². The first-order valence-corrected chi connectivity index (χ1v) is 6.01. The maximum Gasteiger partial charge on any atom is 0.333 e. The van der Waals surface area contributed by atoms with Crippen molar-refractivity contribution in [3.63, 3.8) is 0 Å². The molecule has 1 atom stereocenters. The van der Waals surface area contributed by atoms with Crippen LogP contribution >= 0.6 is 0 Å². The van der Waals surface area contributed by atoms with Crippen molar-refractivity contribution in [3.05, 3.63) is 15.8 Å². The highest BCUT2D eigenvalue weighted by atomic mass is 16.6. The molecular formula is C11H20N4O3. The Kier molecular flexibility index (Phi) is 4.66. The molecule has 2 N–H and O–H groups in total. The lowest BCUT2D eigenvalue weighted by Gasteiger charge is -2.20. The molecule has 0 spiro atoms. The predicted molar refractivity (Wildman–Crippen MR) is 68.6 cm³/mol. The van der Waals surface area contributed by atoms with Crippen molar-refractivity contribution in [3.8, 4) is 0 Å². The van der Waals surface area contributed by atoms with Gasteiger partial charge in [-0.05, 0) is 19.8 Å². The van der Waals surface area contributed by atoms with E-state index >= 15 is 0 Å². The SMILES string of the molecule is CCn1nc(C)c([N+](=O)[O-])c1NC(CO)C(C)C. The summed E-state index contributed by atoms with van der Waals surface area (Å²) in [6.07, 6.45) is 0. The molecule has 1 aromatic rings. The molecule has 0 saturated heterocycles. The third kappa shape index (κ3) is 2.79. The minimum absolute atomic E-state index is 0.0176. The second kappa shape index (κ2) is 5.81. The number of aliphatic hydroxyl groups excluding tert-OH is 1. The number of aromatic nitrogens is 2. The van der Waals surface area contributed by atoms with Gasteiger partial charge in [-0.2, -0.15) is 5.10 Å². The van der Waals surface area contributed by atoms with Crippen molar-refractivity contribution >= 4 is 11.5 Å². The van der Waals surface area contributed by atoms with Crippen LogP contribution in [-0.2, 0) is 6.54 Å². The van der Waals surface area contributed by atoms with Gasteiger partial charge in [-0.25, -0.2) is 4.68 Å². The standard InChI is InChI=1S/C11H20N4O3/c1-5-14-11(12-9(6-16)7(2)3)10(15(17)18)8(4)13-14/h7,9,12,16H,5-6H2,1-4H3. The lowest BCUT2D eigenvalue weighted by Crippen LogP contribution is -2.30. The van der Waals surface area contributed by atoms with Crippen molar-refractivity contribution in [1.29, 1.82) is 0 Å². The summed E-state index contributed by atoms with van der Waals surface area (Å²) in [7, 11) is 0. The fraction of sp³-hybridized carbons (Fsp3) is 0.727. The molecule has 0 aliphatic heterocycles. The number of anilines is 1. The van der Waals surface area contributed by atoms with Crippen LogP contribution in [0.2, 0.25) is 0 Å². The Balaban J connectivity index is 3.16. The lowest BCUT2D eigenvalue weighted by molar-refractivity contribution is -0.384. The number of rotatable bonds is 6. The first-order valence-electron chi connectivity index (χ1n) is 6.01. The topological polar surface area (TPSA) is 93.2 Å². The van der Waals surface area contributed by atoms with E-state index in [-0.39, 0.29) is 24.3 Å². The van der Waals surface area contributed by atoms with Gasteiger partial charge in [0.25, 0.3) is 0 Å². The van der Waals surface area contributed by atoms with Crippen LogP contribution in [0.3, 0.4) is 0 Å². The Bertz CT molecular complexity index is 428. The maximum absolute atomic E-state index is 11.1.